The van der Waals surface area contributed by atoms with Crippen molar-refractivity contribution in [2.75, 3.05) is 11.4 Å². The van der Waals surface area contributed by atoms with Gasteiger partial charge in [0.2, 0.25) is 5.91 Å². The Labute approximate surface area is 143 Å². The van der Waals surface area contributed by atoms with Gasteiger partial charge in [0.05, 0.1) is 0 Å². The van der Waals surface area contributed by atoms with Crippen LogP contribution in [-0.2, 0) is 9.59 Å². The zero-order valence-corrected chi connectivity index (χ0v) is 13.6. The number of hydrogen-bond acceptors (Lipinski definition) is 2. The van der Waals surface area contributed by atoms with Gasteiger partial charge < -0.3 is 10.0 Å². The molecule has 0 aliphatic carbocycles. The maximum atomic E-state index is 13.9. The highest BCUT2D eigenvalue weighted by atomic mass is 19.1. The lowest BCUT2D eigenvalue weighted by Gasteiger charge is -2.20. The molecule has 2 unspecified atom stereocenters. The first-order valence-electron chi connectivity index (χ1n) is 7.95. The van der Waals surface area contributed by atoms with Gasteiger partial charge in [-0.3, -0.25) is 9.59 Å². The Kier molecular flexibility index (Phi) is 4.53. The molecule has 1 N–H and O–H groups in total. The molecule has 2 aromatic carbocycles. The Morgan fingerprint density at radius 3 is 2.64 bits per heavy atom. The molecular weight excluding hydrogens is 328 g/mol. The fourth-order valence-corrected chi connectivity index (χ4v) is 3.24. The molecule has 0 radical (unpaired) electrons. The standard InChI is InChI=1S/C19H17F2NO3/c1-11(13-7-6-12(20)9-16(13)21)8-18(23)22-10-15(19(24)25)14-4-2-3-5-17(14)22/h2-7,9,11,15H,8,10H2,1H3,(H,24,25). The number of carboxylic acids is 1. The van der Waals surface area contributed by atoms with Crippen LogP contribution >= 0.6 is 0 Å². The number of carbonyl (C=O) groups is 2. The first-order valence-corrected chi connectivity index (χ1v) is 7.95. The number of aliphatic carboxylic acids is 1. The lowest BCUT2D eigenvalue weighted by Crippen LogP contribution is -2.32. The van der Waals surface area contributed by atoms with Gasteiger partial charge in [0.1, 0.15) is 17.6 Å². The number of para-hydroxylation sites is 1. The normalized spacial score (nSPS) is 17.2. The van der Waals surface area contributed by atoms with E-state index < -0.39 is 29.4 Å². The monoisotopic (exact) mass is 345 g/mol. The maximum Gasteiger partial charge on any atom is 0.312 e. The summed E-state index contributed by atoms with van der Waals surface area (Å²) in [6.07, 6.45) is 0.00320. The molecule has 0 bridgehead atoms. The SMILES string of the molecule is CC(CC(=O)N1CC(C(=O)O)c2ccccc21)c1ccc(F)cc1F. The van der Waals surface area contributed by atoms with Crippen molar-refractivity contribution in [3.8, 4) is 0 Å². The van der Waals surface area contributed by atoms with Crippen molar-refractivity contribution in [2.24, 2.45) is 0 Å². The van der Waals surface area contributed by atoms with Gasteiger partial charge in [-0.2, -0.15) is 0 Å². The smallest absolute Gasteiger partial charge is 0.312 e. The number of hydrogen-bond donors (Lipinski definition) is 1. The molecular formula is C19H17F2NO3. The second-order valence-electron chi connectivity index (χ2n) is 6.22. The molecule has 1 amide bonds. The molecule has 0 saturated carbocycles. The molecule has 1 heterocycles. The molecule has 0 aromatic heterocycles. The van der Waals surface area contributed by atoms with Crippen molar-refractivity contribution in [1.82, 2.24) is 0 Å². The van der Waals surface area contributed by atoms with E-state index >= 15 is 0 Å². The lowest BCUT2D eigenvalue weighted by atomic mass is 9.96. The number of carbonyl (C=O) groups excluding carboxylic acids is 1. The highest BCUT2D eigenvalue weighted by molar-refractivity contribution is 5.99. The maximum absolute atomic E-state index is 13.9. The van der Waals surface area contributed by atoms with Gasteiger partial charge in [-0.1, -0.05) is 31.2 Å². The summed E-state index contributed by atoms with van der Waals surface area (Å²) < 4.78 is 26.9. The van der Waals surface area contributed by atoms with E-state index in [1.54, 1.807) is 31.2 Å². The predicted octanol–water partition coefficient (Wildman–Crippen LogP) is 3.67. The van der Waals surface area contributed by atoms with Gasteiger partial charge in [0.15, 0.2) is 0 Å². The zero-order valence-electron chi connectivity index (χ0n) is 13.6. The van der Waals surface area contributed by atoms with Crippen LogP contribution in [0.15, 0.2) is 42.5 Å². The Morgan fingerprint density at radius 1 is 1.24 bits per heavy atom. The number of halogens is 2. The van der Waals surface area contributed by atoms with Gasteiger partial charge in [-0.05, 0) is 29.2 Å². The highest BCUT2D eigenvalue weighted by Crippen LogP contribution is 2.37. The van der Waals surface area contributed by atoms with Crippen molar-refractivity contribution >= 4 is 17.6 Å². The van der Waals surface area contributed by atoms with Crippen molar-refractivity contribution < 1.29 is 23.5 Å². The minimum absolute atomic E-state index is 0.00320. The summed E-state index contributed by atoms with van der Waals surface area (Å²) >= 11 is 0. The number of nitrogens with zero attached hydrogens (tertiary/aromatic N) is 1. The van der Waals surface area contributed by atoms with E-state index in [1.165, 1.54) is 11.0 Å². The number of amides is 1. The molecule has 2 atom stereocenters. The predicted molar refractivity (Wildman–Crippen MR) is 88.6 cm³/mol. The third kappa shape index (κ3) is 3.24. The molecule has 1 aliphatic rings. The Morgan fingerprint density at radius 2 is 1.96 bits per heavy atom. The topological polar surface area (TPSA) is 57.6 Å². The summed E-state index contributed by atoms with van der Waals surface area (Å²) in [5, 5.41) is 9.36. The Hall–Kier alpha value is -2.76. The summed E-state index contributed by atoms with van der Waals surface area (Å²) in [6, 6.07) is 10.2. The molecule has 0 spiro atoms. The molecule has 25 heavy (non-hydrogen) atoms. The molecule has 3 rings (SSSR count). The number of fused-ring (bicyclic) bond motifs is 1. The second kappa shape index (κ2) is 6.63. The van der Waals surface area contributed by atoms with Crippen LogP contribution in [0, 0.1) is 11.6 Å². The minimum atomic E-state index is -0.986. The number of anilines is 1. The quantitative estimate of drug-likeness (QED) is 0.920. The molecule has 1 aliphatic heterocycles. The van der Waals surface area contributed by atoms with Crippen LogP contribution in [0.3, 0.4) is 0 Å². The van der Waals surface area contributed by atoms with E-state index in [2.05, 4.69) is 0 Å². The van der Waals surface area contributed by atoms with Gasteiger partial charge in [0, 0.05) is 24.7 Å². The van der Waals surface area contributed by atoms with Gasteiger partial charge in [-0.25, -0.2) is 8.78 Å². The van der Waals surface area contributed by atoms with Crippen molar-refractivity contribution in [1.29, 1.82) is 0 Å². The van der Waals surface area contributed by atoms with Crippen LogP contribution in [0.4, 0.5) is 14.5 Å². The lowest BCUT2D eigenvalue weighted by molar-refractivity contribution is -0.138. The van der Waals surface area contributed by atoms with Crippen LogP contribution in [0.2, 0.25) is 0 Å². The average Bonchev–Trinajstić information content (AvgIpc) is 2.94. The Bertz CT molecular complexity index is 837. The van der Waals surface area contributed by atoms with E-state index in [9.17, 15) is 23.5 Å². The summed E-state index contributed by atoms with van der Waals surface area (Å²) in [5.41, 5.74) is 1.44. The van der Waals surface area contributed by atoms with E-state index in [4.69, 9.17) is 0 Å². The average molecular weight is 345 g/mol. The second-order valence-corrected chi connectivity index (χ2v) is 6.22. The van der Waals surface area contributed by atoms with Crippen LogP contribution in [0.5, 0.6) is 0 Å². The summed E-state index contributed by atoms with van der Waals surface area (Å²) in [4.78, 5) is 25.5. The first kappa shape index (κ1) is 17.1. The molecule has 6 heteroatoms. The van der Waals surface area contributed by atoms with E-state index in [0.717, 1.165) is 12.1 Å². The van der Waals surface area contributed by atoms with Crippen molar-refractivity contribution in [3.63, 3.8) is 0 Å². The number of rotatable bonds is 4. The van der Waals surface area contributed by atoms with Gasteiger partial charge in [0.25, 0.3) is 0 Å². The van der Waals surface area contributed by atoms with Crippen LogP contribution < -0.4 is 4.90 Å². The number of benzene rings is 2. The summed E-state index contributed by atoms with van der Waals surface area (Å²) in [5.74, 6) is -3.85. The first-order chi connectivity index (χ1) is 11.9. The zero-order chi connectivity index (χ0) is 18.1. The van der Waals surface area contributed by atoms with Gasteiger partial charge in [-0.15, -0.1) is 0 Å². The number of carboxylic acid groups (broad SMARTS) is 1. The molecule has 0 saturated heterocycles. The van der Waals surface area contributed by atoms with Crippen molar-refractivity contribution in [2.45, 2.75) is 25.2 Å². The van der Waals surface area contributed by atoms with Crippen molar-refractivity contribution in [3.05, 3.63) is 65.2 Å². The third-order valence-electron chi connectivity index (χ3n) is 4.54. The van der Waals surface area contributed by atoms with Gasteiger partial charge >= 0.3 is 5.97 Å². The molecule has 4 nitrogen and oxygen atoms in total. The fraction of sp³-hybridized carbons (Fsp3) is 0.263. The van der Waals surface area contributed by atoms with Crippen LogP contribution in [0.1, 0.15) is 36.3 Å². The molecule has 130 valence electrons. The third-order valence-corrected chi connectivity index (χ3v) is 4.54. The largest absolute Gasteiger partial charge is 0.481 e. The molecule has 0 fully saturated rings. The summed E-state index contributed by atoms with van der Waals surface area (Å²) in [6.45, 7) is 1.75. The Balaban J connectivity index is 1.81. The minimum Gasteiger partial charge on any atom is -0.481 e. The van der Waals surface area contributed by atoms with E-state index in [0.29, 0.717) is 11.3 Å². The highest BCUT2D eigenvalue weighted by Gasteiger charge is 2.36. The fourth-order valence-electron chi connectivity index (χ4n) is 3.24. The summed E-state index contributed by atoms with van der Waals surface area (Å²) in [7, 11) is 0. The van der Waals surface area contributed by atoms with E-state index in [1.807, 2.05) is 0 Å². The molecule has 2 aromatic rings. The van der Waals surface area contributed by atoms with Crippen LogP contribution in [0.25, 0.3) is 0 Å². The van der Waals surface area contributed by atoms with E-state index in [-0.39, 0.29) is 24.4 Å². The van der Waals surface area contributed by atoms with Crippen LogP contribution in [-0.4, -0.2) is 23.5 Å².